The summed E-state index contributed by atoms with van der Waals surface area (Å²) in [5.41, 5.74) is 3.39. The molecule has 0 fully saturated rings. The lowest BCUT2D eigenvalue weighted by Crippen LogP contribution is -2.22. The molecule has 0 unspecified atom stereocenters. The van der Waals surface area contributed by atoms with Crippen LogP contribution in [0.3, 0.4) is 0 Å². The van der Waals surface area contributed by atoms with Gasteiger partial charge in [0.2, 0.25) is 0 Å². The van der Waals surface area contributed by atoms with E-state index < -0.39 is 0 Å². The van der Waals surface area contributed by atoms with Gasteiger partial charge in [0.05, 0.1) is 11.1 Å². The topological polar surface area (TPSA) is 34.9 Å². The summed E-state index contributed by atoms with van der Waals surface area (Å²) < 4.78 is 1.79. The maximum Gasteiger partial charge on any atom is 0.267 e. The summed E-state index contributed by atoms with van der Waals surface area (Å²) in [6.45, 7) is 5.86. The highest BCUT2D eigenvalue weighted by molar-refractivity contribution is 7.99. The van der Waals surface area contributed by atoms with Gasteiger partial charge in [0, 0.05) is 10.6 Å². The molecule has 0 radical (unpaired) electrons. The zero-order valence-electron chi connectivity index (χ0n) is 15.0. The smallest absolute Gasteiger partial charge is 0.267 e. The predicted octanol–water partition coefficient (Wildman–Crippen LogP) is 5.30. The van der Waals surface area contributed by atoms with E-state index in [0.29, 0.717) is 0 Å². The first-order valence-corrected chi connectivity index (χ1v) is 10.9. The maximum atomic E-state index is 13.5. The van der Waals surface area contributed by atoms with Crippen LogP contribution in [0.5, 0.6) is 0 Å². The average Bonchev–Trinajstić information content (AvgIpc) is 2.82. The third-order valence-corrected chi connectivity index (χ3v) is 6.95. The van der Waals surface area contributed by atoms with Gasteiger partial charge in [-0.2, -0.15) is 0 Å². The van der Waals surface area contributed by atoms with Gasteiger partial charge >= 0.3 is 0 Å². The number of hydrogen-bond acceptors (Lipinski definition) is 4. The molecule has 0 atom stereocenters. The summed E-state index contributed by atoms with van der Waals surface area (Å²) in [5, 5.41) is 1.60. The number of aryl methyl sites for hydroxylation is 3. The van der Waals surface area contributed by atoms with Crippen molar-refractivity contribution in [2.75, 3.05) is 5.75 Å². The van der Waals surface area contributed by atoms with Crippen molar-refractivity contribution in [3.05, 3.63) is 63.3 Å². The first-order chi connectivity index (χ1) is 12.7. The van der Waals surface area contributed by atoms with Crippen LogP contribution in [0.25, 0.3) is 15.9 Å². The van der Waals surface area contributed by atoms with Crippen molar-refractivity contribution >= 4 is 33.3 Å². The molecule has 0 amide bonds. The molecule has 5 heteroatoms. The zero-order valence-corrected chi connectivity index (χ0v) is 16.6. The molecule has 4 rings (SSSR count). The molecular formula is C21H22N2OS2. The lowest BCUT2D eigenvalue weighted by Gasteiger charge is -2.12. The van der Waals surface area contributed by atoms with Gasteiger partial charge in [-0.3, -0.25) is 9.36 Å². The van der Waals surface area contributed by atoms with Crippen molar-refractivity contribution in [3.8, 4) is 5.69 Å². The molecule has 0 saturated heterocycles. The van der Waals surface area contributed by atoms with Crippen molar-refractivity contribution in [2.24, 2.45) is 0 Å². The van der Waals surface area contributed by atoms with E-state index in [1.54, 1.807) is 27.7 Å². The molecule has 1 aliphatic carbocycles. The molecule has 134 valence electrons. The molecular weight excluding hydrogens is 360 g/mol. The molecule has 0 saturated carbocycles. The van der Waals surface area contributed by atoms with Crippen LogP contribution in [0.1, 0.15) is 35.3 Å². The van der Waals surface area contributed by atoms with Gasteiger partial charge in [-0.1, -0.05) is 42.0 Å². The Hall–Kier alpha value is -1.85. The SMILES string of the molecule is C=CCSc1nc2sc3c(c2c(=O)n1-c1ccc(C)cc1)CCCCC3. The van der Waals surface area contributed by atoms with Crippen molar-refractivity contribution in [1.29, 1.82) is 0 Å². The van der Waals surface area contributed by atoms with Crippen molar-refractivity contribution in [1.82, 2.24) is 9.55 Å². The number of thiophene rings is 1. The predicted molar refractivity (Wildman–Crippen MR) is 112 cm³/mol. The van der Waals surface area contributed by atoms with Gasteiger partial charge in [-0.15, -0.1) is 17.9 Å². The minimum atomic E-state index is 0.0739. The largest absolute Gasteiger partial charge is 0.268 e. The summed E-state index contributed by atoms with van der Waals surface area (Å²) in [6.07, 6.45) is 7.55. The Morgan fingerprint density at radius 2 is 2.00 bits per heavy atom. The minimum absolute atomic E-state index is 0.0739. The summed E-state index contributed by atoms with van der Waals surface area (Å²) in [4.78, 5) is 20.7. The van der Waals surface area contributed by atoms with Crippen LogP contribution in [0.4, 0.5) is 0 Å². The lowest BCUT2D eigenvalue weighted by atomic mass is 10.1. The van der Waals surface area contributed by atoms with Crippen LogP contribution in [0, 0.1) is 6.92 Å². The first-order valence-electron chi connectivity index (χ1n) is 9.07. The number of fused-ring (bicyclic) bond motifs is 3. The van der Waals surface area contributed by atoms with Gasteiger partial charge < -0.3 is 0 Å². The fraction of sp³-hybridized carbons (Fsp3) is 0.333. The van der Waals surface area contributed by atoms with Gasteiger partial charge in [0.25, 0.3) is 5.56 Å². The molecule has 3 aromatic rings. The Balaban J connectivity index is 1.98. The van der Waals surface area contributed by atoms with E-state index in [2.05, 4.69) is 13.5 Å². The van der Waals surface area contributed by atoms with Crippen molar-refractivity contribution in [3.63, 3.8) is 0 Å². The number of nitrogens with zero attached hydrogens (tertiary/aromatic N) is 2. The average molecular weight is 383 g/mol. The quantitative estimate of drug-likeness (QED) is 0.266. The van der Waals surface area contributed by atoms with Gasteiger partial charge in [0.15, 0.2) is 5.16 Å². The molecule has 0 aliphatic heterocycles. The molecule has 2 heterocycles. The molecule has 1 aromatic carbocycles. The van der Waals surface area contributed by atoms with Crippen LogP contribution in [0.15, 0.2) is 46.9 Å². The summed E-state index contributed by atoms with van der Waals surface area (Å²) in [7, 11) is 0. The van der Waals surface area contributed by atoms with E-state index in [0.717, 1.165) is 46.1 Å². The van der Waals surface area contributed by atoms with E-state index in [1.165, 1.54) is 28.8 Å². The van der Waals surface area contributed by atoms with Gasteiger partial charge in [-0.05, 0) is 50.3 Å². The van der Waals surface area contributed by atoms with E-state index in [1.807, 2.05) is 30.3 Å². The number of hydrogen-bond donors (Lipinski definition) is 0. The second kappa shape index (κ2) is 7.41. The van der Waals surface area contributed by atoms with Crippen LogP contribution < -0.4 is 5.56 Å². The Bertz CT molecular complexity index is 1020. The molecule has 0 spiro atoms. The van der Waals surface area contributed by atoms with E-state index >= 15 is 0 Å². The standard InChI is InChI=1S/C21H22N2OS2/c1-3-13-25-21-22-19-18(16-7-5-4-6-8-17(16)26-19)20(24)23(21)15-11-9-14(2)10-12-15/h3,9-12H,1,4-8,13H2,2H3. The van der Waals surface area contributed by atoms with Gasteiger partial charge in [0.1, 0.15) is 4.83 Å². The highest BCUT2D eigenvalue weighted by Gasteiger charge is 2.22. The monoisotopic (exact) mass is 382 g/mol. The van der Waals surface area contributed by atoms with Crippen LogP contribution in [0.2, 0.25) is 0 Å². The molecule has 0 N–H and O–H groups in total. The molecule has 26 heavy (non-hydrogen) atoms. The Morgan fingerprint density at radius 1 is 1.23 bits per heavy atom. The Kier molecular flexibility index (Phi) is 5.00. The van der Waals surface area contributed by atoms with Crippen molar-refractivity contribution < 1.29 is 0 Å². The van der Waals surface area contributed by atoms with E-state index in [9.17, 15) is 4.79 Å². The van der Waals surface area contributed by atoms with Crippen LogP contribution in [-0.2, 0) is 12.8 Å². The summed E-state index contributed by atoms with van der Waals surface area (Å²) in [5.74, 6) is 0.731. The van der Waals surface area contributed by atoms with Gasteiger partial charge in [-0.25, -0.2) is 4.98 Å². The van der Waals surface area contributed by atoms with Crippen molar-refractivity contribution in [2.45, 2.75) is 44.2 Å². The highest BCUT2D eigenvalue weighted by Crippen LogP contribution is 2.34. The van der Waals surface area contributed by atoms with E-state index in [-0.39, 0.29) is 5.56 Å². The molecule has 2 aromatic heterocycles. The number of benzene rings is 1. The second-order valence-corrected chi connectivity index (χ2v) is 8.79. The van der Waals surface area contributed by atoms with Crippen LogP contribution >= 0.6 is 23.1 Å². The molecule has 0 bridgehead atoms. The third-order valence-electron chi connectivity index (χ3n) is 4.83. The molecule has 3 nitrogen and oxygen atoms in total. The Labute approximate surface area is 161 Å². The normalized spacial score (nSPS) is 14.2. The number of aromatic nitrogens is 2. The maximum absolute atomic E-state index is 13.5. The minimum Gasteiger partial charge on any atom is -0.268 e. The zero-order chi connectivity index (χ0) is 18.1. The summed E-state index contributed by atoms with van der Waals surface area (Å²) in [6, 6.07) is 8.10. The number of rotatable bonds is 4. The lowest BCUT2D eigenvalue weighted by molar-refractivity contribution is 0.713. The summed E-state index contributed by atoms with van der Waals surface area (Å²) >= 11 is 3.28. The van der Waals surface area contributed by atoms with Crippen LogP contribution in [-0.4, -0.2) is 15.3 Å². The molecule has 1 aliphatic rings. The third kappa shape index (κ3) is 3.14. The second-order valence-electron chi connectivity index (χ2n) is 6.71. The fourth-order valence-electron chi connectivity index (χ4n) is 3.51. The number of thioether (sulfide) groups is 1. The highest BCUT2D eigenvalue weighted by atomic mass is 32.2. The Morgan fingerprint density at radius 3 is 2.77 bits per heavy atom. The fourth-order valence-corrected chi connectivity index (χ4v) is 5.56. The van der Waals surface area contributed by atoms with E-state index in [4.69, 9.17) is 4.98 Å². The first kappa shape index (κ1) is 17.6.